The third kappa shape index (κ3) is 5.49. The number of nitrogens with one attached hydrogen (secondary N) is 2. The second-order valence-electron chi connectivity index (χ2n) is 7.98. The zero-order valence-corrected chi connectivity index (χ0v) is 16.7. The summed E-state index contributed by atoms with van der Waals surface area (Å²) in [5, 5.41) is 6.83. The second kappa shape index (κ2) is 9.76. The second-order valence-corrected chi connectivity index (χ2v) is 7.98. The van der Waals surface area contributed by atoms with Gasteiger partial charge < -0.3 is 29.3 Å². The summed E-state index contributed by atoms with van der Waals surface area (Å²) in [6.45, 7) is 3.63. The van der Waals surface area contributed by atoms with E-state index in [-0.39, 0.29) is 18.0 Å². The lowest BCUT2D eigenvalue weighted by molar-refractivity contribution is -0.186. The fourth-order valence-electron chi connectivity index (χ4n) is 4.20. The van der Waals surface area contributed by atoms with Crippen LogP contribution in [0.25, 0.3) is 0 Å². The third-order valence-corrected chi connectivity index (χ3v) is 5.75. The predicted molar refractivity (Wildman–Crippen MR) is 106 cm³/mol. The highest BCUT2D eigenvalue weighted by Gasteiger charge is 2.42. The number of hydrogen-bond acceptors (Lipinski definition) is 5. The number of hydrogen-bond donors (Lipinski definition) is 2. The molecular formula is C21H33N3O4. The number of ether oxygens (including phenoxy) is 3. The molecule has 7 heteroatoms. The zero-order valence-electron chi connectivity index (χ0n) is 16.7. The van der Waals surface area contributed by atoms with Crippen LogP contribution in [0.3, 0.4) is 0 Å². The SMILES string of the molecule is c1coc(CCNC(=NCC2COC3(CCCCC3)O2)NCC2CCCO2)c1. The van der Waals surface area contributed by atoms with Gasteiger partial charge in [0.2, 0.25) is 0 Å². The first-order valence-corrected chi connectivity index (χ1v) is 10.8. The van der Waals surface area contributed by atoms with Gasteiger partial charge in [-0.3, -0.25) is 4.99 Å². The normalized spacial score (nSPS) is 27.4. The highest BCUT2D eigenvalue weighted by molar-refractivity contribution is 5.79. The first-order chi connectivity index (χ1) is 13.8. The first kappa shape index (κ1) is 19.7. The van der Waals surface area contributed by atoms with Gasteiger partial charge in [0.25, 0.3) is 0 Å². The molecule has 0 amide bonds. The Morgan fingerprint density at radius 2 is 2.07 bits per heavy atom. The van der Waals surface area contributed by atoms with Crippen molar-refractivity contribution in [2.75, 3.05) is 32.8 Å². The molecule has 1 saturated carbocycles. The molecule has 1 aliphatic carbocycles. The van der Waals surface area contributed by atoms with Crippen LogP contribution in [-0.2, 0) is 20.6 Å². The van der Waals surface area contributed by atoms with E-state index in [1.54, 1.807) is 6.26 Å². The van der Waals surface area contributed by atoms with Crippen molar-refractivity contribution >= 4 is 5.96 Å². The van der Waals surface area contributed by atoms with Gasteiger partial charge in [0, 0.05) is 39.0 Å². The first-order valence-electron chi connectivity index (χ1n) is 10.8. The molecule has 2 aliphatic heterocycles. The molecule has 4 rings (SSSR count). The highest BCUT2D eigenvalue weighted by atomic mass is 16.7. The Kier molecular flexibility index (Phi) is 6.88. The van der Waals surface area contributed by atoms with Gasteiger partial charge in [-0.15, -0.1) is 0 Å². The Balaban J connectivity index is 1.27. The molecule has 0 radical (unpaired) electrons. The maximum Gasteiger partial charge on any atom is 0.191 e. The van der Waals surface area contributed by atoms with E-state index in [1.165, 1.54) is 19.3 Å². The van der Waals surface area contributed by atoms with Crippen molar-refractivity contribution in [3.63, 3.8) is 0 Å². The molecule has 2 N–H and O–H groups in total. The van der Waals surface area contributed by atoms with Crippen molar-refractivity contribution in [2.45, 2.75) is 69.4 Å². The van der Waals surface area contributed by atoms with Crippen molar-refractivity contribution in [1.29, 1.82) is 0 Å². The van der Waals surface area contributed by atoms with E-state index in [9.17, 15) is 0 Å². The van der Waals surface area contributed by atoms with E-state index in [4.69, 9.17) is 23.6 Å². The van der Waals surface area contributed by atoms with Gasteiger partial charge in [-0.25, -0.2) is 0 Å². The predicted octanol–water partition coefficient (Wildman–Crippen LogP) is 2.61. The largest absolute Gasteiger partial charge is 0.469 e. The molecule has 1 spiro atoms. The maximum atomic E-state index is 6.26. The third-order valence-electron chi connectivity index (χ3n) is 5.75. The molecule has 0 aromatic carbocycles. The standard InChI is InChI=1S/C21H33N3O4/c1-2-9-21(10-3-1)27-16-19(28-21)15-24-20(23-14-18-7-5-13-26-18)22-11-8-17-6-4-12-25-17/h4,6,12,18-19H,1-3,5,7-11,13-16H2,(H2,22,23,24). The molecule has 2 saturated heterocycles. The lowest BCUT2D eigenvalue weighted by Gasteiger charge is -2.31. The molecule has 3 heterocycles. The number of rotatable bonds is 7. The van der Waals surface area contributed by atoms with E-state index in [0.29, 0.717) is 13.2 Å². The zero-order chi connectivity index (χ0) is 19.1. The summed E-state index contributed by atoms with van der Waals surface area (Å²) in [5.41, 5.74) is 0. The molecule has 3 fully saturated rings. The number of furan rings is 1. The molecule has 1 aromatic rings. The molecule has 2 atom stereocenters. The summed E-state index contributed by atoms with van der Waals surface area (Å²) in [7, 11) is 0. The van der Waals surface area contributed by atoms with Gasteiger partial charge in [-0.1, -0.05) is 6.42 Å². The summed E-state index contributed by atoms with van der Waals surface area (Å²) < 4.78 is 23.4. The molecule has 1 aromatic heterocycles. The van der Waals surface area contributed by atoms with Crippen LogP contribution in [0, 0.1) is 0 Å². The Morgan fingerprint density at radius 3 is 2.86 bits per heavy atom. The molecule has 3 aliphatic rings. The minimum atomic E-state index is -0.337. The van der Waals surface area contributed by atoms with E-state index in [1.807, 2.05) is 12.1 Å². The van der Waals surface area contributed by atoms with Gasteiger partial charge in [0.1, 0.15) is 11.9 Å². The topological polar surface area (TPSA) is 77.3 Å². The Morgan fingerprint density at radius 1 is 1.14 bits per heavy atom. The molecule has 0 bridgehead atoms. The van der Waals surface area contributed by atoms with Gasteiger partial charge in [0.15, 0.2) is 11.7 Å². The fraction of sp³-hybridized carbons (Fsp3) is 0.762. The molecule has 156 valence electrons. The average Bonchev–Trinajstić information content (AvgIpc) is 3.47. The summed E-state index contributed by atoms with van der Waals surface area (Å²) in [4.78, 5) is 4.77. The molecule has 28 heavy (non-hydrogen) atoms. The fourth-order valence-corrected chi connectivity index (χ4v) is 4.20. The Labute approximate surface area is 167 Å². The summed E-state index contributed by atoms with van der Waals surface area (Å²) >= 11 is 0. The van der Waals surface area contributed by atoms with Crippen molar-refractivity contribution in [1.82, 2.24) is 10.6 Å². The van der Waals surface area contributed by atoms with Crippen LogP contribution in [0.15, 0.2) is 27.8 Å². The number of aliphatic imine (C=N–C) groups is 1. The van der Waals surface area contributed by atoms with E-state index in [2.05, 4.69) is 10.6 Å². The van der Waals surface area contributed by atoms with Crippen LogP contribution < -0.4 is 10.6 Å². The van der Waals surface area contributed by atoms with Crippen LogP contribution >= 0.6 is 0 Å². The average molecular weight is 392 g/mol. The number of nitrogens with zero attached hydrogens (tertiary/aromatic N) is 1. The summed E-state index contributed by atoms with van der Waals surface area (Å²) in [5.74, 6) is 1.43. The maximum absolute atomic E-state index is 6.26. The van der Waals surface area contributed by atoms with Crippen molar-refractivity contribution < 1.29 is 18.6 Å². The molecular weight excluding hydrogens is 358 g/mol. The smallest absolute Gasteiger partial charge is 0.191 e. The van der Waals surface area contributed by atoms with Gasteiger partial charge in [-0.05, 0) is 37.8 Å². The Bertz CT molecular complexity index is 607. The van der Waals surface area contributed by atoms with Crippen molar-refractivity contribution in [2.24, 2.45) is 4.99 Å². The summed E-state index contributed by atoms with van der Waals surface area (Å²) in [6.07, 6.45) is 10.8. The Hall–Kier alpha value is -1.57. The number of guanidine groups is 1. The van der Waals surface area contributed by atoms with Crippen LogP contribution in [0.5, 0.6) is 0 Å². The highest BCUT2D eigenvalue weighted by Crippen LogP contribution is 2.37. The van der Waals surface area contributed by atoms with Crippen LogP contribution in [0.2, 0.25) is 0 Å². The molecule has 7 nitrogen and oxygen atoms in total. The van der Waals surface area contributed by atoms with Gasteiger partial charge in [0.05, 0.1) is 25.5 Å². The van der Waals surface area contributed by atoms with Crippen LogP contribution in [-0.4, -0.2) is 56.8 Å². The van der Waals surface area contributed by atoms with Gasteiger partial charge >= 0.3 is 0 Å². The van der Waals surface area contributed by atoms with Crippen LogP contribution in [0.1, 0.15) is 50.7 Å². The lowest BCUT2D eigenvalue weighted by Crippen LogP contribution is -2.42. The summed E-state index contributed by atoms with van der Waals surface area (Å²) in [6, 6.07) is 3.91. The quantitative estimate of drug-likeness (QED) is 0.550. The van der Waals surface area contributed by atoms with Crippen LogP contribution in [0.4, 0.5) is 0 Å². The van der Waals surface area contributed by atoms with Crippen molar-refractivity contribution in [3.8, 4) is 0 Å². The van der Waals surface area contributed by atoms with Gasteiger partial charge in [-0.2, -0.15) is 0 Å². The van der Waals surface area contributed by atoms with E-state index >= 15 is 0 Å². The lowest BCUT2D eigenvalue weighted by atomic mass is 9.94. The monoisotopic (exact) mass is 391 g/mol. The minimum absolute atomic E-state index is 0.0319. The van der Waals surface area contributed by atoms with E-state index in [0.717, 1.165) is 63.5 Å². The molecule has 2 unspecified atom stereocenters. The van der Waals surface area contributed by atoms with Crippen molar-refractivity contribution in [3.05, 3.63) is 24.2 Å². The van der Waals surface area contributed by atoms with E-state index < -0.39 is 0 Å². The minimum Gasteiger partial charge on any atom is -0.469 e.